The first kappa shape index (κ1) is 20.7. The summed E-state index contributed by atoms with van der Waals surface area (Å²) in [4.78, 5) is 28.9. The molecule has 0 radical (unpaired) electrons. The molecule has 7 nitrogen and oxygen atoms in total. The Hall–Kier alpha value is -2.84. The Morgan fingerprint density at radius 1 is 1.15 bits per heavy atom. The lowest BCUT2D eigenvalue weighted by Crippen LogP contribution is -2.48. The minimum Gasteiger partial charge on any atom is -0.342 e. The van der Waals surface area contributed by atoms with Crippen molar-refractivity contribution in [1.29, 1.82) is 0 Å². The summed E-state index contributed by atoms with van der Waals surface area (Å²) in [7, 11) is 2.11. The van der Waals surface area contributed by atoms with E-state index in [0.717, 1.165) is 45.4 Å². The molecule has 2 aliphatic rings. The summed E-state index contributed by atoms with van der Waals surface area (Å²) < 4.78 is 2.10. The molecule has 1 saturated heterocycles. The number of pyridine rings is 1. The molecule has 6 rings (SSSR count). The van der Waals surface area contributed by atoms with Gasteiger partial charge >= 0.3 is 0 Å². The fourth-order valence-electron chi connectivity index (χ4n) is 5.90. The molecule has 8 heteroatoms. The molecule has 4 heterocycles. The van der Waals surface area contributed by atoms with Crippen molar-refractivity contribution in [2.45, 2.75) is 47.9 Å². The monoisotopic (exact) mass is 460 g/mol. The van der Waals surface area contributed by atoms with E-state index in [9.17, 15) is 4.79 Å². The van der Waals surface area contributed by atoms with E-state index in [4.69, 9.17) is 4.98 Å². The molecule has 0 bridgehead atoms. The third-order valence-electron chi connectivity index (χ3n) is 7.60. The molecule has 1 saturated carbocycles. The van der Waals surface area contributed by atoms with E-state index in [2.05, 4.69) is 31.6 Å². The second-order valence-corrected chi connectivity index (χ2v) is 10.4. The normalized spacial score (nSPS) is 20.3. The molecule has 2 N–H and O–H groups in total. The fraction of sp³-hybridized carbons (Fsp3) is 0.400. The van der Waals surface area contributed by atoms with Gasteiger partial charge in [-0.2, -0.15) is 0 Å². The quantitative estimate of drug-likeness (QED) is 0.478. The van der Waals surface area contributed by atoms with Crippen molar-refractivity contribution in [2.75, 3.05) is 25.0 Å². The number of aromatic amines is 1. The molecule has 4 aromatic rings. The van der Waals surface area contributed by atoms with Crippen LogP contribution in [0.1, 0.15) is 32.1 Å². The number of piperidine rings is 1. The molecular weight excluding hydrogens is 432 g/mol. The summed E-state index contributed by atoms with van der Waals surface area (Å²) in [5.74, 6) is 0.955. The van der Waals surface area contributed by atoms with Gasteiger partial charge in [-0.05, 0) is 44.2 Å². The molecule has 1 aliphatic heterocycles. The predicted molar refractivity (Wildman–Crippen MR) is 132 cm³/mol. The average Bonchev–Trinajstić information content (AvgIpc) is 3.48. The maximum atomic E-state index is 12.2. The van der Waals surface area contributed by atoms with E-state index < -0.39 is 0 Å². The zero-order valence-corrected chi connectivity index (χ0v) is 19.6. The average molecular weight is 461 g/mol. The van der Waals surface area contributed by atoms with Crippen LogP contribution in [-0.4, -0.2) is 45.5 Å². The van der Waals surface area contributed by atoms with E-state index in [0.29, 0.717) is 11.5 Å². The molecule has 3 aromatic heterocycles. The van der Waals surface area contributed by atoms with Crippen molar-refractivity contribution in [1.82, 2.24) is 24.7 Å². The van der Waals surface area contributed by atoms with Crippen LogP contribution in [0.4, 0.5) is 5.95 Å². The lowest BCUT2D eigenvalue weighted by atomic mass is 9.74. The highest BCUT2D eigenvalue weighted by Gasteiger charge is 2.44. The van der Waals surface area contributed by atoms with E-state index in [1.807, 2.05) is 42.9 Å². The lowest BCUT2D eigenvalue weighted by Gasteiger charge is -2.43. The minimum absolute atomic E-state index is 0.103. The highest BCUT2D eigenvalue weighted by atomic mass is 32.2. The Kier molecular flexibility index (Phi) is 5.14. The molecule has 0 unspecified atom stereocenters. The first-order valence-electron chi connectivity index (χ1n) is 11.7. The lowest BCUT2D eigenvalue weighted by molar-refractivity contribution is 0.177. The van der Waals surface area contributed by atoms with Crippen LogP contribution >= 0.6 is 11.8 Å². The third-order valence-corrected chi connectivity index (χ3v) is 8.67. The molecule has 1 aliphatic carbocycles. The molecule has 1 atom stereocenters. The zero-order valence-electron chi connectivity index (χ0n) is 18.8. The van der Waals surface area contributed by atoms with Crippen LogP contribution in [0.2, 0.25) is 0 Å². The standard InChI is InChI=1S/C25H28N6OS/c1-26-21-7-4-8-25(21)9-12-30(13-10-25)24-28-16-20(23-27-11-14-31(23)24)33-19-15-22(32)29-18-6-3-2-5-17(18)19/h2-3,5-6,11,14-16,21,26H,4,7-10,12-13H2,1H3,(H,29,32)/t21-/m1/s1. The van der Waals surface area contributed by atoms with Crippen molar-refractivity contribution >= 4 is 34.3 Å². The van der Waals surface area contributed by atoms with Crippen LogP contribution in [0.15, 0.2) is 63.5 Å². The number of H-pyrrole nitrogens is 1. The van der Waals surface area contributed by atoms with Crippen LogP contribution in [-0.2, 0) is 0 Å². The van der Waals surface area contributed by atoms with Gasteiger partial charge in [0.05, 0.1) is 4.90 Å². The summed E-state index contributed by atoms with van der Waals surface area (Å²) in [5, 5.41) is 4.60. The van der Waals surface area contributed by atoms with Gasteiger partial charge in [0.25, 0.3) is 0 Å². The summed E-state index contributed by atoms with van der Waals surface area (Å²) in [6.45, 7) is 2.04. The third kappa shape index (κ3) is 3.52. The van der Waals surface area contributed by atoms with Gasteiger partial charge in [0, 0.05) is 59.6 Å². The first-order chi connectivity index (χ1) is 16.2. The molecule has 1 spiro atoms. The molecule has 1 aromatic carbocycles. The minimum atomic E-state index is -0.103. The Labute approximate surface area is 196 Å². The number of para-hydroxylation sites is 1. The van der Waals surface area contributed by atoms with Gasteiger partial charge in [0.1, 0.15) is 0 Å². The van der Waals surface area contributed by atoms with Gasteiger partial charge in [0.2, 0.25) is 11.5 Å². The summed E-state index contributed by atoms with van der Waals surface area (Å²) in [5.41, 5.74) is 2.06. The summed E-state index contributed by atoms with van der Waals surface area (Å²) in [6, 6.07) is 10.2. The smallest absolute Gasteiger partial charge is 0.249 e. The Morgan fingerprint density at radius 3 is 2.85 bits per heavy atom. The largest absolute Gasteiger partial charge is 0.342 e. The van der Waals surface area contributed by atoms with Gasteiger partial charge in [0.15, 0.2) is 5.65 Å². The number of hydrogen-bond acceptors (Lipinski definition) is 6. The number of hydrogen-bond donors (Lipinski definition) is 2. The number of imidazole rings is 1. The van der Waals surface area contributed by atoms with Gasteiger partial charge in [-0.1, -0.05) is 36.4 Å². The number of rotatable bonds is 4. The van der Waals surface area contributed by atoms with E-state index in [1.165, 1.54) is 32.1 Å². The van der Waals surface area contributed by atoms with Crippen LogP contribution in [0.25, 0.3) is 16.6 Å². The summed E-state index contributed by atoms with van der Waals surface area (Å²) in [6.07, 6.45) is 12.1. The number of nitrogens with one attached hydrogen (secondary N) is 2. The number of nitrogens with zero attached hydrogens (tertiary/aromatic N) is 4. The predicted octanol–water partition coefficient (Wildman–Crippen LogP) is 4.08. The SMILES string of the molecule is CN[C@@H]1CCCC12CCN(c1ncc(Sc3cc(=O)[nH]c4ccccc34)c3nccn13)CC2. The Balaban J connectivity index is 1.31. The van der Waals surface area contributed by atoms with Crippen LogP contribution in [0.3, 0.4) is 0 Å². The Bertz CT molecular complexity index is 1370. The number of aromatic nitrogens is 4. The van der Waals surface area contributed by atoms with Crippen LogP contribution in [0, 0.1) is 5.41 Å². The number of benzene rings is 1. The van der Waals surface area contributed by atoms with E-state index >= 15 is 0 Å². The van der Waals surface area contributed by atoms with Gasteiger partial charge in [-0.25, -0.2) is 9.97 Å². The number of anilines is 1. The van der Waals surface area contributed by atoms with E-state index in [1.54, 1.807) is 17.8 Å². The Morgan fingerprint density at radius 2 is 2.00 bits per heavy atom. The first-order valence-corrected chi connectivity index (χ1v) is 12.5. The van der Waals surface area contributed by atoms with E-state index in [-0.39, 0.29) is 5.56 Å². The second kappa shape index (κ2) is 8.18. The van der Waals surface area contributed by atoms with Gasteiger partial charge in [-0.3, -0.25) is 9.20 Å². The topological polar surface area (TPSA) is 78.3 Å². The molecular formula is C25H28N6OS. The fourth-order valence-corrected chi connectivity index (χ4v) is 6.94. The van der Waals surface area contributed by atoms with Crippen LogP contribution in [0.5, 0.6) is 0 Å². The second-order valence-electron chi connectivity index (χ2n) is 9.27. The van der Waals surface area contributed by atoms with Gasteiger partial charge < -0.3 is 15.2 Å². The van der Waals surface area contributed by atoms with Crippen molar-refractivity contribution < 1.29 is 0 Å². The maximum absolute atomic E-state index is 12.2. The molecule has 33 heavy (non-hydrogen) atoms. The molecule has 170 valence electrons. The van der Waals surface area contributed by atoms with Crippen LogP contribution < -0.4 is 15.8 Å². The van der Waals surface area contributed by atoms with Crippen molar-refractivity contribution in [3.63, 3.8) is 0 Å². The van der Waals surface area contributed by atoms with Gasteiger partial charge in [-0.15, -0.1) is 0 Å². The van der Waals surface area contributed by atoms with Crippen molar-refractivity contribution in [2.24, 2.45) is 5.41 Å². The highest BCUT2D eigenvalue weighted by molar-refractivity contribution is 7.99. The summed E-state index contributed by atoms with van der Waals surface area (Å²) >= 11 is 1.55. The highest BCUT2D eigenvalue weighted by Crippen LogP contribution is 2.47. The van der Waals surface area contributed by atoms with Crippen molar-refractivity contribution in [3.8, 4) is 0 Å². The zero-order chi connectivity index (χ0) is 22.4. The molecule has 0 amide bonds. The maximum Gasteiger partial charge on any atom is 0.249 e. The number of fused-ring (bicyclic) bond motifs is 2. The van der Waals surface area contributed by atoms with Crippen molar-refractivity contribution in [3.05, 3.63) is 59.3 Å². The molecule has 2 fully saturated rings.